The lowest BCUT2D eigenvalue weighted by atomic mass is 10.1. The van der Waals surface area contributed by atoms with Crippen LogP contribution in [0, 0.1) is 5.92 Å². The van der Waals surface area contributed by atoms with Gasteiger partial charge in [-0.25, -0.2) is 18.0 Å². The van der Waals surface area contributed by atoms with E-state index in [2.05, 4.69) is 15.4 Å². The average molecular weight is 326 g/mol. The second-order valence-corrected chi connectivity index (χ2v) is 7.40. The van der Waals surface area contributed by atoms with Crippen LogP contribution in [-0.2, 0) is 14.6 Å². The number of carbonyl (C=O) groups is 2. The van der Waals surface area contributed by atoms with Crippen molar-refractivity contribution >= 4 is 27.5 Å². The highest BCUT2D eigenvalue weighted by Gasteiger charge is 2.27. The molecule has 1 atom stereocenters. The fraction of sp³-hybridized carbons (Fsp3) is 0.429. The third-order valence-corrected chi connectivity index (χ3v) is 5.28. The van der Waals surface area contributed by atoms with Crippen molar-refractivity contribution in [3.05, 3.63) is 29.8 Å². The second-order valence-electron chi connectivity index (χ2n) is 5.17. The molecule has 1 aliphatic heterocycles. The molecule has 120 valence electrons. The Kier molecular flexibility index (Phi) is 5.02. The fourth-order valence-electron chi connectivity index (χ4n) is 2.25. The Hall–Kier alpha value is -2.09. The van der Waals surface area contributed by atoms with Gasteiger partial charge in [0.25, 0.3) is 0 Å². The molecule has 1 aromatic rings. The standard InChI is InChI=1S/C14H18N2O5S/c1-21-13(17)11-2-4-12(5-3-11)16-14(18)15-8-10-6-7-22(19,20)9-10/h2-5,10H,6-9H2,1H3,(H2,15,16,18). The molecule has 1 heterocycles. The number of amides is 2. The van der Waals surface area contributed by atoms with Crippen LogP contribution in [0.3, 0.4) is 0 Å². The van der Waals surface area contributed by atoms with Crippen molar-refractivity contribution in [3.63, 3.8) is 0 Å². The van der Waals surface area contributed by atoms with Crippen LogP contribution in [0.15, 0.2) is 24.3 Å². The lowest BCUT2D eigenvalue weighted by Crippen LogP contribution is -2.33. The van der Waals surface area contributed by atoms with Gasteiger partial charge >= 0.3 is 12.0 Å². The van der Waals surface area contributed by atoms with Gasteiger partial charge in [-0.2, -0.15) is 0 Å². The van der Waals surface area contributed by atoms with Gasteiger partial charge in [0, 0.05) is 12.2 Å². The third kappa shape index (κ3) is 4.45. The Balaban J connectivity index is 1.81. The first-order valence-electron chi connectivity index (χ1n) is 6.83. The Morgan fingerprint density at radius 3 is 2.50 bits per heavy atom. The molecule has 1 fully saturated rings. The molecule has 1 unspecified atom stereocenters. The quantitative estimate of drug-likeness (QED) is 0.805. The lowest BCUT2D eigenvalue weighted by Gasteiger charge is -2.11. The number of rotatable bonds is 4. The molecule has 0 aliphatic carbocycles. The number of methoxy groups -OCH3 is 1. The smallest absolute Gasteiger partial charge is 0.337 e. The zero-order valence-electron chi connectivity index (χ0n) is 12.2. The van der Waals surface area contributed by atoms with Crippen molar-refractivity contribution in [3.8, 4) is 0 Å². The maximum atomic E-state index is 11.7. The molecule has 22 heavy (non-hydrogen) atoms. The minimum Gasteiger partial charge on any atom is -0.465 e. The normalized spacial score (nSPS) is 19.4. The molecule has 0 saturated carbocycles. The van der Waals surface area contributed by atoms with Gasteiger partial charge in [0.15, 0.2) is 9.84 Å². The van der Waals surface area contributed by atoms with Crippen molar-refractivity contribution in [2.45, 2.75) is 6.42 Å². The number of nitrogens with one attached hydrogen (secondary N) is 2. The number of urea groups is 1. The van der Waals surface area contributed by atoms with Gasteiger partial charge < -0.3 is 15.4 Å². The monoisotopic (exact) mass is 326 g/mol. The van der Waals surface area contributed by atoms with Gasteiger partial charge in [-0.3, -0.25) is 0 Å². The predicted octanol–water partition coefficient (Wildman–Crippen LogP) is 1.03. The van der Waals surface area contributed by atoms with Crippen LogP contribution in [-0.4, -0.2) is 45.6 Å². The minimum absolute atomic E-state index is 0.0301. The zero-order valence-corrected chi connectivity index (χ0v) is 13.0. The zero-order chi connectivity index (χ0) is 16.2. The Morgan fingerprint density at radius 1 is 1.27 bits per heavy atom. The molecule has 8 heteroatoms. The Labute approximate surface area is 129 Å². The topological polar surface area (TPSA) is 102 Å². The number of anilines is 1. The molecular formula is C14H18N2O5S. The molecule has 0 radical (unpaired) electrons. The van der Waals surface area contributed by atoms with Crippen LogP contribution in [0.2, 0.25) is 0 Å². The molecule has 1 aromatic carbocycles. The number of carbonyl (C=O) groups excluding carboxylic acids is 2. The number of esters is 1. The van der Waals surface area contributed by atoms with Gasteiger partial charge in [0.05, 0.1) is 24.2 Å². The molecule has 0 aromatic heterocycles. The first kappa shape index (κ1) is 16.3. The van der Waals surface area contributed by atoms with Gasteiger partial charge in [0.1, 0.15) is 0 Å². The van der Waals surface area contributed by atoms with E-state index in [0.29, 0.717) is 24.2 Å². The summed E-state index contributed by atoms with van der Waals surface area (Å²) in [5.41, 5.74) is 0.925. The summed E-state index contributed by atoms with van der Waals surface area (Å²) in [7, 11) is -1.64. The van der Waals surface area contributed by atoms with Gasteiger partial charge in [0.2, 0.25) is 0 Å². The SMILES string of the molecule is COC(=O)c1ccc(NC(=O)NCC2CCS(=O)(=O)C2)cc1. The van der Waals surface area contributed by atoms with E-state index < -0.39 is 21.8 Å². The molecule has 2 amide bonds. The Bertz CT molecular complexity index is 654. The number of ether oxygens (including phenoxy) is 1. The summed E-state index contributed by atoms with van der Waals surface area (Å²) < 4.78 is 27.2. The van der Waals surface area contributed by atoms with Crippen molar-refractivity contribution in [1.29, 1.82) is 0 Å². The summed E-state index contributed by atoms with van der Waals surface area (Å²) in [4.78, 5) is 23.0. The molecule has 1 saturated heterocycles. The highest BCUT2D eigenvalue weighted by molar-refractivity contribution is 7.91. The van der Waals surface area contributed by atoms with Crippen LogP contribution >= 0.6 is 0 Å². The van der Waals surface area contributed by atoms with Crippen LogP contribution in [0.5, 0.6) is 0 Å². The second kappa shape index (κ2) is 6.78. The van der Waals surface area contributed by atoms with E-state index in [0.717, 1.165) is 0 Å². The molecule has 2 N–H and O–H groups in total. The van der Waals surface area contributed by atoms with Crippen LogP contribution in [0.4, 0.5) is 10.5 Å². The number of hydrogen-bond donors (Lipinski definition) is 2. The van der Waals surface area contributed by atoms with E-state index in [1.54, 1.807) is 24.3 Å². The third-order valence-electron chi connectivity index (χ3n) is 3.44. The van der Waals surface area contributed by atoms with Crippen LogP contribution in [0.25, 0.3) is 0 Å². The molecule has 1 aliphatic rings. The maximum Gasteiger partial charge on any atom is 0.337 e. The van der Waals surface area contributed by atoms with E-state index in [-0.39, 0.29) is 17.4 Å². The minimum atomic E-state index is -2.93. The predicted molar refractivity (Wildman–Crippen MR) is 81.6 cm³/mol. The summed E-state index contributed by atoms with van der Waals surface area (Å²) in [6, 6.07) is 5.86. The Morgan fingerprint density at radius 2 is 1.95 bits per heavy atom. The molecule has 7 nitrogen and oxygen atoms in total. The fourth-order valence-corrected chi connectivity index (χ4v) is 4.11. The van der Waals surface area contributed by atoms with Crippen molar-refractivity contribution in [1.82, 2.24) is 5.32 Å². The average Bonchev–Trinajstić information content (AvgIpc) is 2.84. The molecule has 0 spiro atoms. The van der Waals surface area contributed by atoms with E-state index in [9.17, 15) is 18.0 Å². The highest BCUT2D eigenvalue weighted by Crippen LogP contribution is 2.17. The summed E-state index contributed by atoms with van der Waals surface area (Å²) in [6.07, 6.45) is 0.580. The number of sulfone groups is 1. The molecule has 2 rings (SSSR count). The van der Waals surface area contributed by atoms with Gasteiger partial charge in [-0.05, 0) is 36.6 Å². The summed E-state index contributed by atoms with van der Waals surface area (Å²) in [5, 5.41) is 5.27. The summed E-state index contributed by atoms with van der Waals surface area (Å²) in [5.74, 6) is -0.159. The van der Waals surface area contributed by atoms with E-state index in [1.165, 1.54) is 7.11 Å². The van der Waals surface area contributed by atoms with E-state index in [4.69, 9.17) is 0 Å². The van der Waals surface area contributed by atoms with Gasteiger partial charge in [-0.1, -0.05) is 0 Å². The largest absolute Gasteiger partial charge is 0.465 e. The number of benzene rings is 1. The van der Waals surface area contributed by atoms with Crippen LogP contribution in [0.1, 0.15) is 16.8 Å². The first-order valence-corrected chi connectivity index (χ1v) is 8.65. The lowest BCUT2D eigenvalue weighted by molar-refractivity contribution is 0.0600. The number of hydrogen-bond acceptors (Lipinski definition) is 5. The van der Waals surface area contributed by atoms with E-state index >= 15 is 0 Å². The van der Waals surface area contributed by atoms with Crippen LogP contribution < -0.4 is 10.6 Å². The maximum absolute atomic E-state index is 11.7. The van der Waals surface area contributed by atoms with Crippen molar-refractivity contribution in [2.75, 3.05) is 30.5 Å². The summed E-state index contributed by atoms with van der Waals surface area (Å²) in [6.45, 7) is 0.325. The molecular weight excluding hydrogens is 308 g/mol. The molecule has 0 bridgehead atoms. The first-order chi connectivity index (χ1) is 10.4. The highest BCUT2D eigenvalue weighted by atomic mass is 32.2. The van der Waals surface area contributed by atoms with E-state index in [1.807, 2.05) is 0 Å². The van der Waals surface area contributed by atoms with Gasteiger partial charge in [-0.15, -0.1) is 0 Å². The summed E-state index contributed by atoms with van der Waals surface area (Å²) >= 11 is 0. The van der Waals surface area contributed by atoms with Crippen molar-refractivity contribution in [2.24, 2.45) is 5.92 Å². The van der Waals surface area contributed by atoms with Crippen molar-refractivity contribution < 1.29 is 22.7 Å².